The zero-order valence-electron chi connectivity index (χ0n) is 23.7. The normalized spacial score (nSPS) is 12.3. The molecule has 0 saturated heterocycles. The van der Waals surface area contributed by atoms with Gasteiger partial charge in [-0.2, -0.15) is 0 Å². The highest BCUT2D eigenvalue weighted by atomic mass is 33.2. The molecule has 0 unspecified atom stereocenters. The second-order valence-electron chi connectivity index (χ2n) is 7.80. The molecule has 2 amide bonds. The average Bonchev–Trinajstić information content (AvgIpc) is 2.94. The van der Waals surface area contributed by atoms with Gasteiger partial charge in [-0.05, 0) is 36.3 Å². The van der Waals surface area contributed by atoms with Crippen LogP contribution in [0, 0.1) is 0 Å². The summed E-state index contributed by atoms with van der Waals surface area (Å²) < 4.78 is 20.9. The zero-order chi connectivity index (χ0) is 30.4. The van der Waals surface area contributed by atoms with Gasteiger partial charge in [-0.3, -0.25) is 9.59 Å². The first kappa shape index (κ1) is 40.8. The maximum absolute atomic E-state index is 11.9. The summed E-state index contributed by atoms with van der Waals surface area (Å²) in [5.41, 5.74) is 5.89. The van der Waals surface area contributed by atoms with Gasteiger partial charge in [-0.15, -0.1) is 0 Å². The number of carboxylic acid groups (broad SMARTS) is 1. The van der Waals surface area contributed by atoms with Crippen LogP contribution < -0.4 is 16.4 Å². The van der Waals surface area contributed by atoms with E-state index in [9.17, 15) is 19.5 Å². The lowest BCUT2D eigenvalue weighted by Gasteiger charge is -2.10. The largest absolute Gasteiger partial charge is 0.480 e. The monoisotopic (exact) mass is 696 g/mol. The number of amidine groups is 1. The van der Waals surface area contributed by atoms with Gasteiger partial charge < -0.3 is 40.4 Å². The highest BCUT2D eigenvalue weighted by Crippen LogP contribution is 2.35. The summed E-state index contributed by atoms with van der Waals surface area (Å²) >= 11 is 0. The molecule has 0 aromatic rings. The standard InChI is InChI=1S/C23H44N4O8S6/c1-32-13-14-33-10-7-21(29)26-9-12-35-16-15-34-11-6-20(28)25-8-4-3-5-19(22(30)31)27-23(24)41-40-18-39-38-17-37-36-2/h19H,3-18H2,1-2H3,(H2,24,27)(H,25,28)(H,26,29)(H,30,31)/t19-/m0/s1. The Morgan fingerprint density at radius 2 is 1.39 bits per heavy atom. The van der Waals surface area contributed by atoms with Gasteiger partial charge in [0.1, 0.15) is 6.04 Å². The predicted molar refractivity (Wildman–Crippen MR) is 178 cm³/mol. The Morgan fingerprint density at radius 3 is 2.00 bits per heavy atom. The number of nitrogens with zero attached hydrogens (tertiary/aromatic N) is 1. The van der Waals surface area contributed by atoms with Gasteiger partial charge >= 0.3 is 5.97 Å². The van der Waals surface area contributed by atoms with E-state index in [2.05, 4.69) is 15.6 Å². The minimum absolute atomic E-state index is 0.0989. The van der Waals surface area contributed by atoms with Crippen LogP contribution in [0.25, 0.3) is 0 Å². The number of carboxylic acids is 1. The molecule has 0 aliphatic rings. The third-order valence-corrected chi connectivity index (χ3v) is 12.5. The van der Waals surface area contributed by atoms with Crippen molar-refractivity contribution in [1.82, 2.24) is 10.6 Å². The minimum Gasteiger partial charge on any atom is -0.480 e. The maximum Gasteiger partial charge on any atom is 0.328 e. The number of nitrogens with two attached hydrogens (primary N) is 1. The van der Waals surface area contributed by atoms with Gasteiger partial charge in [0.05, 0.1) is 56.4 Å². The van der Waals surface area contributed by atoms with Crippen molar-refractivity contribution in [2.24, 2.45) is 10.7 Å². The van der Waals surface area contributed by atoms with E-state index in [0.717, 1.165) is 10.2 Å². The van der Waals surface area contributed by atoms with Gasteiger partial charge in [0.2, 0.25) is 11.8 Å². The van der Waals surface area contributed by atoms with Crippen LogP contribution in [0.4, 0.5) is 0 Å². The molecule has 0 radical (unpaired) electrons. The molecule has 41 heavy (non-hydrogen) atoms. The summed E-state index contributed by atoms with van der Waals surface area (Å²) in [5.74, 6) is -1.24. The molecule has 0 bridgehead atoms. The molecule has 12 nitrogen and oxygen atoms in total. The fourth-order valence-electron chi connectivity index (χ4n) is 2.68. The first-order valence-electron chi connectivity index (χ1n) is 12.9. The number of ether oxygens (including phenoxy) is 4. The SMILES string of the molecule is COCCOCCC(=O)NCCOCCOCCC(=O)NCCCC[C@H](N=C(N)SSCSSCSSC)C(=O)O. The minimum atomic E-state index is -1.01. The Bertz CT molecular complexity index is 715. The second-order valence-corrected chi connectivity index (χ2v) is 15.9. The molecule has 0 aromatic heterocycles. The summed E-state index contributed by atoms with van der Waals surface area (Å²) in [5, 5.41) is 17.1. The van der Waals surface area contributed by atoms with Crippen LogP contribution in [-0.2, 0) is 33.3 Å². The van der Waals surface area contributed by atoms with Crippen LogP contribution in [0.5, 0.6) is 0 Å². The lowest BCUT2D eigenvalue weighted by Crippen LogP contribution is -2.28. The number of aliphatic imine (C=N–C) groups is 1. The summed E-state index contributed by atoms with van der Waals surface area (Å²) in [6.07, 6.45) is 4.15. The fraction of sp³-hybridized carbons (Fsp3) is 0.826. The second kappa shape index (κ2) is 31.3. The molecule has 0 aliphatic heterocycles. The number of methoxy groups -OCH3 is 1. The number of hydrogen-bond acceptors (Lipinski definition) is 14. The summed E-state index contributed by atoms with van der Waals surface area (Å²) in [6.45, 7) is 3.53. The van der Waals surface area contributed by atoms with Gasteiger partial charge in [-0.1, -0.05) is 54.0 Å². The number of carbonyl (C=O) groups is 3. The molecule has 0 rings (SSSR count). The van der Waals surface area contributed by atoms with Crippen molar-refractivity contribution in [1.29, 1.82) is 0 Å². The first-order valence-corrected chi connectivity index (χ1v) is 20.4. The van der Waals surface area contributed by atoms with E-state index in [1.165, 1.54) is 21.6 Å². The van der Waals surface area contributed by atoms with E-state index in [1.54, 1.807) is 50.3 Å². The lowest BCUT2D eigenvalue weighted by atomic mass is 10.1. The van der Waals surface area contributed by atoms with Crippen LogP contribution in [0.1, 0.15) is 32.1 Å². The summed E-state index contributed by atoms with van der Waals surface area (Å²) in [6, 6.07) is -0.892. The van der Waals surface area contributed by atoms with Gasteiger partial charge in [0.15, 0.2) is 5.17 Å². The number of hydrogen-bond donors (Lipinski definition) is 4. The Labute approximate surface area is 267 Å². The van der Waals surface area contributed by atoms with Crippen LogP contribution in [0.2, 0.25) is 0 Å². The molecule has 240 valence electrons. The molecular formula is C23H44N4O8S6. The number of carbonyl (C=O) groups excluding carboxylic acids is 2. The van der Waals surface area contributed by atoms with E-state index in [-0.39, 0.29) is 36.4 Å². The van der Waals surface area contributed by atoms with E-state index in [4.69, 9.17) is 24.7 Å². The first-order chi connectivity index (χ1) is 19.9. The van der Waals surface area contributed by atoms with Crippen LogP contribution >= 0.6 is 64.8 Å². The summed E-state index contributed by atoms with van der Waals surface area (Å²) in [4.78, 5) is 39.2. The quantitative estimate of drug-likeness (QED) is 0.0295. The van der Waals surface area contributed by atoms with Gasteiger partial charge in [0.25, 0.3) is 0 Å². The van der Waals surface area contributed by atoms with E-state index < -0.39 is 12.0 Å². The molecule has 0 spiro atoms. The molecule has 5 N–H and O–H groups in total. The van der Waals surface area contributed by atoms with Gasteiger partial charge in [-0.25, -0.2) is 9.79 Å². The van der Waals surface area contributed by atoms with Crippen molar-refractivity contribution in [3.63, 3.8) is 0 Å². The zero-order valence-corrected chi connectivity index (χ0v) is 28.6. The molecule has 0 heterocycles. The molecular weight excluding hydrogens is 653 g/mol. The van der Waals surface area contributed by atoms with Crippen LogP contribution in [0.3, 0.4) is 0 Å². The highest BCUT2D eigenvalue weighted by molar-refractivity contribution is 8.89. The summed E-state index contributed by atoms with van der Waals surface area (Å²) in [7, 11) is 11.4. The van der Waals surface area contributed by atoms with Crippen molar-refractivity contribution in [3.05, 3.63) is 0 Å². The molecule has 1 atom stereocenters. The van der Waals surface area contributed by atoms with Crippen LogP contribution in [0.15, 0.2) is 4.99 Å². The van der Waals surface area contributed by atoms with E-state index in [1.807, 2.05) is 6.26 Å². The Hall–Kier alpha value is -0.180. The van der Waals surface area contributed by atoms with E-state index >= 15 is 0 Å². The topological polar surface area (TPSA) is 171 Å². The highest BCUT2D eigenvalue weighted by Gasteiger charge is 2.16. The van der Waals surface area contributed by atoms with Gasteiger partial charge in [0, 0.05) is 33.0 Å². The van der Waals surface area contributed by atoms with E-state index in [0.29, 0.717) is 72.0 Å². The third kappa shape index (κ3) is 29.7. The average molecular weight is 697 g/mol. The van der Waals surface area contributed by atoms with Crippen molar-refractivity contribution in [2.45, 2.75) is 38.1 Å². The number of amides is 2. The predicted octanol–water partition coefficient (Wildman–Crippen LogP) is 3.32. The molecule has 18 heteroatoms. The number of nitrogens with one attached hydrogen (secondary N) is 2. The van der Waals surface area contributed by atoms with Crippen LogP contribution in [-0.4, -0.2) is 117 Å². The maximum atomic E-state index is 11.9. The fourth-order valence-corrected chi connectivity index (χ4v) is 10.3. The molecule has 0 fully saturated rings. The Balaban J connectivity index is 3.69. The Morgan fingerprint density at radius 1 is 0.805 bits per heavy atom. The molecule has 0 aromatic carbocycles. The number of unbranched alkanes of at least 4 members (excludes halogenated alkanes) is 1. The Kier molecular flexibility index (Phi) is 31.1. The molecule has 0 saturated carbocycles. The smallest absolute Gasteiger partial charge is 0.328 e. The van der Waals surface area contributed by atoms with Crippen molar-refractivity contribution in [3.8, 4) is 0 Å². The third-order valence-electron chi connectivity index (χ3n) is 4.65. The van der Waals surface area contributed by atoms with Crippen molar-refractivity contribution < 1.29 is 38.4 Å². The molecule has 0 aliphatic carbocycles. The number of aliphatic carboxylic acids is 1. The lowest BCUT2D eigenvalue weighted by molar-refractivity contribution is -0.138. The number of rotatable bonds is 29. The van der Waals surface area contributed by atoms with Crippen molar-refractivity contribution >= 4 is 87.7 Å². The van der Waals surface area contributed by atoms with Crippen molar-refractivity contribution in [2.75, 3.05) is 82.9 Å².